The van der Waals surface area contributed by atoms with Crippen molar-refractivity contribution in [1.82, 2.24) is 4.98 Å². The van der Waals surface area contributed by atoms with Crippen LogP contribution in [0.5, 0.6) is 0 Å². The number of nitrogens with zero attached hydrogens (tertiary/aromatic N) is 2. The number of hydrogen-bond donors (Lipinski definition) is 2. The van der Waals surface area contributed by atoms with Crippen LogP contribution in [0.15, 0.2) is 12.1 Å². The molecule has 1 aromatic rings. The van der Waals surface area contributed by atoms with Crippen LogP contribution in [0, 0.1) is 10.1 Å². The van der Waals surface area contributed by atoms with E-state index < -0.39 is 4.92 Å². The van der Waals surface area contributed by atoms with E-state index in [1.54, 1.807) is 13.2 Å². The molecule has 1 heterocycles. The predicted octanol–water partition coefficient (Wildman–Crippen LogP) is 1.89. The first-order valence-electron chi connectivity index (χ1n) is 6.89. The number of pyridine rings is 1. The molecule has 0 atom stereocenters. The SMILES string of the molecule is CCCNc1ccc([N+](=O)[O-])c(NCCOCCOC)n1. The van der Waals surface area contributed by atoms with Gasteiger partial charge in [0.1, 0.15) is 5.82 Å². The highest BCUT2D eigenvalue weighted by Crippen LogP contribution is 2.23. The van der Waals surface area contributed by atoms with Crippen molar-refractivity contribution in [2.75, 3.05) is 50.7 Å². The number of aromatic nitrogens is 1. The van der Waals surface area contributed by atoms with Crippen LogP contribution in [0.3, 0.4) is 0 Å². The molecule has 118 valence electrons. The average molecular weight is 298 g/mol. The van der Waals surface area contributed by atoms with Crippen molar-refractivity contribution in [1.29, 1.82) is 0 Å². The number of hydrogen-bond acceptors (Lipinski definition) is 7. The molecule has 2 N–H and O–H groups in total. The highest BCUT2D eigenvalue weighted by Gasteiger charge is 2.15. The Labute approximate surface area is 124 Å². The Morgan fingerprint density at radius 1 is 1.24 bits per heavy atom. The van der Waals surface area contributed by atoms with Gasteiger partial charge in [-0.25, -0.2) is 4.98 Å². The lowest BCUT2D eigenvalue weighted by Crippen LogP contribution is -2.14. The molecule has 8 nitrogen and oxygen atoms in total. The molecular weight excluding hydrogens is 276 g/mol. The van der Waals surface area contributed by atoms with E-state index in [0.717, 1.165) is 13.0 Å². The lowest BCUT2D eigenvalue weighted by Gasteiger charge is -2.09. The van der Waals surface area contributed by atoms with Gasteiger partial charge < -0.3 is 20.1 Å². The van der Waals surface area contributed by atoms with Crippen molar-refractivity contribution >= 4 is 17.3 Å². The minimum absolute atomic E-state index is 0.0473. The van der Waals surface area contributed by atoms with Gasteiger partial charge in [0.15, 0.2) is 0 Å². The summed E-state index contributed by atoms with van der Waals surface area (Å²) in [6.07, 6.45) is 0.953. The summed E-state index contributed by atoms with van der Waals surface area (Å²) in [5.41, 5.74) is -0.0473. The fourth-order valence-corrected chi connectivity index (χ4v) is 1.57. The van der Waals surface area contributed by atoms with Crippen LogP contribution >= 0.6 is 0 Å². The van der Waals surface area contributed by atoms with Gasteiger partial charge in [-0.3, -0.25) is 10.1 Å². The van der Waals surface area contributed by atoms with Gasteiger partial charge in [0.25, 0.3) is 0 Å². The lowest BCUT2D eigenvalue weighted by atomic mass is 10.3. The molecule has 0 aliphatic rings. The maximum Gasteiger partial charge on any atom is 0.311 e. The molecule has 1 rings (SSSR count). The van der Waals surface area contributed by atoms with Crippen LogP contribution < -0.4 is 10.6 Å². The smallest absolute Gasteiger partial charge is 0.311 e. The molecule has 0 amide bonds. The highest BCUT2D eigenvalue weighted by atomic mass is 16.6. The molecule has 8 heteroatoms. The molecule has 21 heavy (non-hydrogen) atoms. The second-order valence-corrected chi connectivity index (χ2v) is 4.28. The van der Waals surface area contributed by atoms with Crippen LogP contribution in [0.2, 0.25) is 0 Å². The topological polar surface area (TPSA) is 98.6 Å². The van der Waals surface area contributed by atoms with E-state index in [9.17, 15) is 10.1 Å². The minimum atomic E-state index is -0.454. The Kier molecular flexibility index (Phi) is 8.07. The summed E-state index contributed by atoms with van der Waals surface area (Å²) in [4.78, 5) is 14.7. The molecule has 0 spiro atoms. The monoisotopic (exact) mass is 298 g/mol. The molecule has 0 bridgehead atoms. The van der Waals surface area contributed by atoms with Gasteiger partial charge in [0, 0.05) is 26.3 Å². The quantitative estimate of drug-likeness (QED) is 0.365. The first kappa shape index (κ1) is 17.1. The second-order valence-electron chi connectivity index (χ2n) is 4.28. The van der Waals surface area contributed by atoms with Crippen molar-refractivity contribution in [2.24, 2.45) is 0 Å². The maximum absolute atomic E-state index is 11.0. The van der Waals surface area contributed by atoms with E-state index in [1.807, 2.05) is 6.92 Å². The minimum Gasteiger partial charge on any atom is -0.382 e. The van der Waals surface area contributed by atoms with E-state index in [0.29, 0.717) is 32.2 Å². The molecule has 0 radical (unpaired) electrons. The van der Waals surface area contributed by atoms with Crippen molar-refractivity contribution in [3.63, 3.8) is 0 Å². The number of rotatable bonds is 11. The van der Waals surface area contributed by atoms with Crippen LogP contribution in [-0.4, -0.2) is 49.9 Å². The summed E-state index contributed by atoms with van der Waals surface area (Å²) in [6.45, 7) is 4.68. The second kappa shape index (κ2) is 9.89. The summed E-state index contributed by atoms with van der Waals surface area (Å²) < 4.78 is 10.1. The van der Waals surface area contributed by atoms with Crippen LogP contribution in [0.25, 0.3) is 0 Å². The molecule has 0 fully saturated rings. The predicted molar refractivity (Wildman–Crippen MR) is 80.9 cm³/mol. The summed E-state index contributed by atoms with van der Waals surface area (Å²) in [5.74, 6) is 0.863. The molecule has 0 aromatic carbocycles. The van der Waals surface area contributed by atoms with Crippen LogP contribution in [-0.2, 0) is 9.47 Å². The van der Waals surface area contributed by atoms with Gasteiger partial charge in [-0.1, -0.05) is 6.92 Å². The first-order valence-corrected chi connectivity index (χ1v) is 6.89. The summed E-state index contributed by atoms with van der Waals surface area (Å²) in [5, 5.41) is 17.0. The van der Waals surface area contributed by atoms with Gasteiger partial charge in [-0.2, -0.15) is 0 Å². The molecule has 1 aromatic heterocycles. The van der Waals surface area contributed by atoms with E-state index in [1.165, 1.54) is 6.07 Å². The van der Waals surface area contributed by atoms with Crippen LogP contribution in [0.4, 0.5) is 17.3 Å². The number of methoxy groups -OCH3 is 1. The van der Waals surface area contributed by atoms with E-state index in [4.69, 9.17) is 9.47 Å². The Bertz CT molecular complexity index is 442. The fourth-order valence-electron chi connectivity index (χ4n) is 1.57. The summed E-state index contributed by atoms with van der Waals surface area (Å²) in [7, 11) is 1.60. The first-order chi connectivity index (χ1) is 10.2. The molecular formula is C13H22N4O4. The summed E-state index contributed by atoms with van der Waals surface area (Å²) in [6, 6.07) is 3.05. The zero-order valence-electron chi connectivity index (χ0n) is 12.4. The maximum atomic E-state index is 11.0. The molecule has 0 aliphatic heterocycles. The number of ether oxygens (including phenoxy) is 2. The Balaban J connectivity index is 2.57. The van der Waals surface area contributed by atoms with Crippen LogP contribution in [0.1, 0.15) is 13.3 Å². The standard InChI is InChI=1S/C13H22N4O4/c1-3-6-14-12-5-4-11(17(18)19)13(16-12)15-7-8-21-10-9-20-2/h4-5H,3,6-10H2,1-2H3,(H2,14,15,16). The van der Waals surface area contributed by atoms with Gasteiger partial charge in [0.05, 0.1) is 24.7 Å². The van der Waals surface area contributed by atoms with E-state index in [-0.39, 0.29) is 11.5 Å². The van der Waals surface area contributed by atoms with Crippen molar-refractivity contribution in [3.8, 4) is 0 Å². The zero-order chi connectivity index (χ0) is 15.5. The lowest BCUT2D eigenvalue weighted by molar-refractivity contribution is -0.384. The Morgan fingerprint density at radius 2 is 2.05 bits per heavy atom. The third kappa shape index (κ3) is 6.37. The van der Waals surface area contributed by atoms with Crippen molar-refractivity contribution < 1.29 is 14.4 Å². The number of anilines is 2. The van der Waals surface area contributed by atoms with Crippen molar-refractivity contribution in [3.05, 3.63) is 22.2 Å². The third-order valence-corrected chi connectivity index (χ3v) is 2.60. The van der Waals surface area contributed by atoms with Gasteiger partial charge >= 0.3 is 5.69 Å². The fraction of sp³-hybridized carbons (Fsp3) is 0.615. The van der Waals surface area contributed by atoms with Crippen molar-refractivity contribution in [2.45, 2.75) is 13.3 Å². The van der Waals surface area contributed by atoms with Gasteiger partial charge in [0.2, 0.25) is 5.82 Å². The van der Waals surface area contributed by atoms with Gasteiger partial charge in [-0.05, 0) is 12.5 Å². The molecule has 0 unspecified atom stereocenters. The largest absolute Gasteiger partial charge is 0.382 e. The summed E-state index contributed by atoms with van der Waals surface area (Å²) >= 11 is 0. The Morgan fingerprint density at radius 3 is 2.71 bits per heavy atom. The van der Waals surface area contributed by atoms with Gasteiger partial charge in [-0.15, -0.1) is 0 Å². The normalized spacial score (nSPS) is 10.4. The molecule has 0 saturated carbocycles. The molecule has 0 aliphatic carbocycles. The van der Waals surface area contributed by atoms with E-state index in [2.05, 4.69) is 15.6 Å². The van der Waals surface area contributed by atoms with E-state index >= 15 is 0 Å². The number of nitrogens with one attached hydrogen (secondary N) is 2. The third-order valence-electron chi connectivity index (χ3n) is 2.60. The average Bonchev–Trinajstić information content (AvgIpc) is 2.48. The zero-order valence-corrected chi connectivity index (χ0v) is 12.4. The molecule has 0 saturated heterocycles. The highest BCUT2D eigenvalue weighted by molar-refractivity contribution is 5.60. The number of nitro groups is 1. The Hall–Kier alpha value is -1.93.